The molecular formula is C21H16N2O4. The van der Waals surface area contributed by atoms with Crippen LogP contribution >= 0.6 is 0 Å². The fourth-order valence-electron chi connectivity index (χ4n) is 2.61. The summed E-state index contributed by atoms with van der Waals surface area (Å²) < 4.78 is 16.6. The van der Waals surface area contributed by atoms with Crippen LogP contribution in [0.3, 0.4) is 0 Å². The molecule has 2 aromatic heterocycles. The number of carbonyl (C=O) groups excluding carboxylic acids is 1. The molecule has 0 unspecified atom stereocenters. The van der Waals surface area contributed by atoms with Crippen molar-refractivity contribution in [2.45, 2.75) is 6.92 Å². The number of hydrogen-bond acceptors (Lipinski definition) is 6. The Labute approximate surface area is 155 Å². The van der Waals surface area contributed by atoms with E-state index >= 15 is 0 Å². The summed E-state index contributed by atoms with van der Waals surface area (Å²) in [7, 11) is 0. The van der Waals surface area contributed by atoms with Crippen LogP contribution in [0.5, 0.6) is 11.5 Å². The Hall–Kier alpha value is -3.67. The molecule has 0 amide bonds. The van der Waals surface area contributed by atoms with Crippen molar-refractivity contribution < 1.29 is 18.7 Å². The van der Waals surface area contributed by atoms with Gasteiger partial charge in [-0.05, 0) is 49.4 Å². The van der Waals surface area contributed by atoms with Gasteiger partial charge in [-0.2, -0.15) is 0 Å². The van der Waals surface area contributed by atoms with Crippen LogP contribution in [0.4, 0.5) is 0 Å². The van der Waals surface area contributed by atoms with Crippen LogP contribution in [0.1, 0.15) is 17.3 Å². The molecule has 2 aromatic carbocycles. The maximum Gasteiger partial charge on any atom is 0.343 e. The van der Waals surface area contributed by atoms with E-state index < -0.39 is 5.97 Å². The Kier molecular flexibility index (Phi) is 4.53. The van der Waals surface area contributed by atoms with E-state index in [0.29, 0.717) is 46.4 Å². The average Bonchev–Trinajstić information content (AvgIpc) is 3.12. The molecule has 2 heterocycles. The maximum atomic E-state index is 12.4. The van der Waals surface area contributed by atoms with Gasteiger partial charge < -0.3 is 13.9 Å². The van der Waals surface area contributed by atoms with E-state index in [9.17, 15) is 4.79 Å². The first-order valence-electron chi connectivity index (χ1n) is 8.50. The van der Waals surface area contributed by atoms with Crippen LogP contribution in [-0.2, 0) is 0 Å². The number of hydrogen-bond donors (Lipinski definition) is 0. The molecule has 0 radical (unpaired) electrons. The van der Waals surface area contributed by atoms with Crippen LogP contribution < -0.4 is 9.47 Å². The highest BCUT2D eigenvalue weighted by Gasteiger charge is 2.13. The van der Waals surface area contributed by atoms with Gasteiger partial charge in [0.15, 0.2) is 5.58 Å². The monoisotopic (exact) mass is 360 g/mol. The minimum absolute atomic E-state index is 0.373. The fourth-order valence-corrected chi connectivity index (χ4v) is 2.61. The zero-order valence-corrected chi connectivity index (χ0v) is 14.6. The standard InChI is InChI=1S/C21H16N2O4/c1-2-25-15-7-5-6-14(12-15)21(24)26-16-9-10-17-19(13-16)27-20(23-17)18-8-3-4-11-22-18/h3-13H,2H2,1H3. The lowest BCUT2D eigenvalue weighted by molar-refractivity contribution is 0.0734. The number of rotatable bonds is 5. The van der Waals surface area contributed by atoms with Gasteiger partial charge in [0.2, 0.25) is 5.89 Å². The SMILES string of the molecule is CCOc1cccc(C(=O)Oc2ccc3nc(-c4ccccn4)oc3c2)c1. The first kappa shape index (κ1) is 16.8. The highest BCUT2D eigenvalue weighted by Crippen LogP contribution is 2.26. The van der Waals surface area contributed by atoms with Crippen molar-refractivity contribution >= 4 is 17.1 Å². The third-order valence-corrected chi connectivity index (χ3v) is 3.84. The Morgan fingerprint density at radius 2 is 1.96 bits per heavy atom. The molecular weight excluding hydrogens is 344 g/mol. The van der Waals surface area contributed by atoms with Crippen molar-refractivity contribution in [2.24, 2.45) is 0 Å². The van der Waals surface area contributed by atoms with Gasteiger partial charge in [0.1, 0.15) is 22.7 Å². The molecule has 4 aromatic rings. The van der Waals surface area contributed by atoms with Gasteiger partial charge >= 0.3 is 5.97 Å². The topological polar surface area (TPSA) is 74.5 Å². The summed E-state index contributed by atoms with van der Waals surface area (Å²) in [5.41, 5.74) is 2.23. The summed E-state index contributed by atoms with van der Waals surface area (Å²) in [5, 5.41) is 0. The molecule has 0 saturated heterocycles. The van der Waals surface area contributed by atoms with Gasteiger partial charge in [0.05, 0.1) is 12.2 Å². The summed E-state index contributed by atoms with van der Waals surface area (Å²) in [6, 6.07) is 17.4. The van der Waals surface area contributed by atoms with E-state index in [1.807, 2.05) is 25.1 Å². The largest absolute Gasteiger partial charge is 0.494 e. The van der Waals surface area contributed by atoms with Gasteiger partial charge in [-0.3, -0.25) is 4.98 Å². The van der Waals surface area contributed by atoms with Crippen molar-refractivity contribution in [1.82, 2.24) is 9.97 Å². The van der Waals surface area contributed by atoms with Crippen molar-refractivity contribution in [1.29, 1.82) is 0 Å². The zero-order chi connectivity index (χ0) is 18.6. The van der Waals surface area contributed by atoms with Crippen LogP contribution in [0.15, 0.2) is 71.3 Å². The first-order valence-corrected chi connectivity index (χ1v) is 8.50. The third-order valence-electron chi connectivity index (χ3n) is 3.84. The molecule has 0 atom stereocenters. The smallest absolute Gasteiger partial charge is 0.343 e. The quantitative estimate of drug-likeness (QED) is 0.385. The first-order chi connectivity index (χ1) is 13.2. The molecule has 4 rings (SSSR count). The number of pyridine rings is 1. The van der Waals surface area contributed by atoms with Crippen molar-refractivity contribution in [2.75, 3.05) is 6.61 Å². The average molecular weight is 360 g/mol. The minimum Gasteiger partial charge on any atom is -0.494 e. The molecule has 0 aliphatic rings. The molecule has 134 valence electrons. The number of nitrogens with zero attached hydrogens (tertiary/aromatic N) is 2. The normalized spacial score (nSPS) is 10.7. The van der Waals surface area contributed by atoms with Gasteiger partial charge in [-0.15, -0.1) is 0 Å². The number of fused-ring (bicyclic) bond motifs is 1. The summed E-state index contributed by atoms with van der Waals surface area (Å²) in [6.07, 6.45) is 1.67. The third kappa shape index (κ3) is 3.64. The summed E-state index contributed by atoms with van der Waals surface area (Å²) >= 11 is 0. The molecule has 6 nitrogen and oxygen atoms in total. The van der Waals surface area contributed by atoms with E-state index in [1.54, 1.807) is 48.7 Å². The Morgan fingerprint density at radius 3 is 2.78 bits per heavy atom. The fraction of sp³-hybridized carbons (Fsp3) is 0.0952. The lowest BCUT2D eigenvalue weighted by Crippen LogP contribution is -2.08. The number of oxazole rings is 1. The van der Waals surface area contributed by atoms with E-state index in [2.05, 4.69) is 9.97 Å². The lowest BCUT2D eigenvalue weighted by Gasteiger charge is -2.06. The number of carbonyl (C=O) groups is 1. The summed E-state index contributed by atoms with van der Waals surface area (Å²) in [4.78, 5) is 21.0. The minimum atomic E-state index is -0.472. The highest BCUT2D eigenvalue weighted by molar-refractivity contribution is 5.92. The van der Waals surface area contributed by atoms with Crippen LogP contribution in [-0.4, -0.2) is 22.5 Å². The van der Waals surface area contributed by atoms with Crippen molar-refractivity contribution in [3.8, 4) is 23.1 Å². The van der Waals surface area contributed by atoms with E-state index in [1.165, 1.54) is 0 Å². The second-order valence-corrected chi connectivity index (χ2v) is 5.71. The molecule has 27 heavy (non-hydrogen) atoms. The van der Waals surface area contributed by atoms with Crippen molar-refractivity contribution in [3.05, 3.63) is 72.4 Å². The predicted octanol–water partition coefficient (Wildman–Crippen LogP) is 4.51. The number of benzene rings is 2. The molecule has 0 aliphatic heterocycles. The molecule has 0 spiro atoms. The lowest BCUT2D eigenvalue weighted by atomic mass is 10.2. The van der Waals surface area contributed by atoms with Gasteiger partial charge in [-0.1, -0.05) is 12.1 Å². The van der Waals surface area contributed by atoms with E-state index in [-0.39, 0.29) is 0 Å². The number of esters is 1. The van der Waals surface area contributed by atoms with Crippen LogP contribution in [0.2, 0.25) is 0 Å². The Morgan fingerprint density at radius 1 is 1.04 bits per heavy atom. The van der Waals surface area contributed by atoms with E-state index in [4.69, 9.17) is 13.9 Å². The van der Waals surface area contributed by atoms with Gasteiger partial charge in [-0.25, -0.2) is 9.78 Å². The number of aromatic nitrogens is 2. The number of ether oxygens (including phenoxy) is 2. The molecule has 0 bridgehead atoms. The molecule has 0 N–H and O–H groups in total. The zero-order valence-electron chi connectivity index (χ0n) is 14.6. The van der Waals surface area contributed by atoms with Crippen molar-refractivity contribution in [3.63, 3.8) is 0 Å². The second-order valence-electron chi connectivity index (χ2n) is 5.71. The molecule has 0 saturated carbocycles. The molecule has 6 heteroatoms. The van der Waals surface area contributed by atoms with Gasteiger partial charge in [0.25, 0.3) is 0 Å². The second kappa shape index (κ2) is 7.29. The van der Waals surface area contributed by atoms with E-state index in [0.717, 1.165) is 0 Å². The summed E-state index contributed by atoms with van der Waals surface area (Å²) in [5.74, 6) is 0.939. The molecule has 0 aliphatic carbocycles. The molecule has 0 fully saturated rings. The Balaban J connectivity index is 1.57. The highest BCUT2D eigenvalue weighted by atomic mass is 16.5. The van der Waals surface area contributed by atoms with Gasteiger partial charge in [0, 0.05) is 12.3 Å². The summed E-state index contributed by atoms with van der Waals surface area (Å²) in [6.45, 7) is 2.41. The Bertz CT molecular complexity index is 1090. The maximum absolute atomic E-state index is 12.4. The van der Waals surface area contributed by atoms with Crippen LogP contribution in [0, 0.1) is 0 Å². The predicted molar refractivity (Wildman–Crippen MR) is 99.8 cm³/mol. The van der Waals surface area contributed by atoms with Crippen LogP contribution in [0.25, 0.3) is 22.7 Å².